The Kier molecular flexibility index (Phi) is 10.3. The maximum absolute atomic E-state index is 13.8. The number of rotatable bonds is 12. The third kappa shape index (κ3) is 7.71. The van der Waals surface area contributed by atoms with Crippen molar-refractivity contribution in [3.05, 3.63) is 59.7 Å². The molecule has 0 fully saturated rings. The smallest absolute Gasteiger partial charge is 0.244 e. The summed E-state index contributed by atoms with van der Waals surface area (Å²) in [5.74, 6) is -0.00525. The van der Waals surface area contributed by atoms with Crippen LogP contribution in [0.3, 0.4) is 0 Å². The first-order valence-corrected chi connectivity index (χ1v) is 14.0. The largest absolute Gasteiger partial charge is 0.497 e. The fourth-order valence-corrected chi connectivity index (χ4v) is 4.89. The van der Waals surface area contributed by atoms with Gasteiger partial charge in [-0.05, 0) is 55.5 Å². The normalized spacial score (nSPS) is 12.4. The van der Waals surface area contributed by atoms with E-state index in [1.54, 1.807) is 31.4 Å². The summed E-state index contributed by atoms with van der Waals surface area (Å²) in [6.45, 7) is 9.23. The van der Waals surface area contributed by atoms with Crippen LogP contribution in [0.1, 0.15) is 58.1 Å². The average Bonchev–Trinajstić information content (AvgIpc) is 2.81. The molecule has 1 unspecified atom stereocenters. The van der Waals surface area contributed by atoms with Gasteiger partial charge in [-0.2, -0.15) is 0 Å². The molecule has 2 aromatic carbocycles. The number of hydrogen-bond donors (Lipinski definition) is 1. The highest BCUT2D eigenvalue weighted by Gasteiger charge is 2.32. The van der Waals surface area contributed by atoms with Crippen molar-refractivity contribution in [2.24, 2.45) is 0 Å². The van der Waals surface area contributed by atoms with E-state index in [9.17, 15) is 18.0 Å². The molecule has 1 N–H and O–H groups in total. The predicted molar refractivity (Wildman–Crippen MR) is 144 cm³/mol. The van der Waals surface area contributed by atoms with Crippen LogP contribution >= 0.6 is 0 Å². The van der Waals surface area contributed by atoms with Gasteiger partial charge in [0.05, 0.1) is 19.1 Å². The monoisotopic (exact) mass is 517 g/mol. The molecular formula is C27H39N3O5S. The van der Waals surface area contributed by atoms with Crippen LogP contribution in [0.2, 0.25) is 0 Å². The van der Waals surface area contributed by atoms with Crippen LogP contribution < -0.4 is 14.4 Å². The van der Waals surface area contributed by atoms with E-state index in [1.807, 2.05) is 58.9 Å². The number of benzene rings is 2. The lowest BCUT2D eigenvalue weighted by molar-refractivity contribution is -0.140. The molecule has 0 saturated carbocycles. The third-order valence-corrected chi connectivity index (χ3v) is 6.96. The van der Waals surface area contributed by atoms with E-state index >= 15 is 0 Å². The van der Waals surface area contributed by atoms with Gasteiger partial charge in [0, 0.05) is 12.6 Å². The minimum absolute atomic E-state index is 0.0520. The van der Waals surface area contributed by atoms with Crippen molar-refractivity contribution in [1.29, 1.82) is 0 Å². The molecular weight excluding hydrogens is 478 g/mol. The standard InChI is InChI=1S/C27H39N3O5S/c1-8-24(27(32)28-20(4)5)29(17-21-13-15-22(35-6)16-14-21)26(31)18-30(36(7,33)34)25-12-10-9-11-23(25)19(2)3/h9-16,19-20,24H,8,17-18H2,1-7H3,(H,28,32). The Bertz CT molecular complexity index is 1130. The minimum atomic E-state index is -3.79. The van der Waals surface area contributed by atoms with Gasteiger partial charge in [0.25, 0.3) is 0 Å². The highest BCUT2D eigenvalue weighted by Crippen LogP contribution is 2.29. The maximum Gasteiger partial charge on any atom is 0.244 e. The lowest BCUT2D eigenvalue weighted by Crippen LogP contribution is -2.53. The van der Waals surface area contributed by atoms with Crippen LogP contribution in [0.25, 0.3) is 0 Å². The number of nitrogens with zero attached hydrogens (tertiary/aromatic N) is 2. The van der Waals surface area contributed by atoms with E-state index in [0.29, 0.717) is 17.9 Å². The van der Waals surface area contributed by atoms with Gasteiger partial charge in [0.15, 0.2) is 0 Å². The van der Waals surface area contributed by atoms with Crippen molar-refractivity contribution in [2.75, 3.05) is 24.2 Å². The lowest BCUT2D eigenvalue weighted by atomic mass is 10.0. The summed E-state index contributed by atoms with van der Waals surface area (Å²) >= 11 is 0. The summed E-state index contributed by atoms with van der Waals surface area (Å²) in [7, 11) is -2.21. The molecule has 36 heavy (non-hydrogen) atoms. The van der Waals surface area contributed by atoms with Gasteiger partial charge >= 0.3 is 0 Å². The van der Waals surface area contributed by atoms with E-state index in [0.717, 1.165) is 21.7 Å². The lowest BCUT2D eigenvalue weighted by Gasteiger charge is -2.33. The first kappa shape index (κ1) is 29.2. The second-order valence-electron chi connectivity index (χ2n) is 9.44. The molecule has 0 radical (unpaired) electrons. The molecule has 0 aliphatic carbocycles. The summed E-state index contributed by atoms with van der Waals surface area (Å²) < 4.78 is 32.1. The number of anilines is 1. The zero-order valence-corrected chi connectivity index (χ0v) is 23.1. The second kappa shape index (κ2) is 12.8. The Morgan fingerprint density at radius 1 is 1.00 bits per heavy atom. The number of nitrogens with one attached hydrogen (secondary N) is 1. The molecule has 2 amide bonds. The molecule has 0 aliphatic heterocycles. The van der Waals surface area contributed by atoms with Crippen LogP contribution in [-0.2, 0) is 26.2 Å². The first-order chi connectivity index (χ1) is 16.9. The van der Waals surface area contributed by atoms with Gasteiger partial charge in [-0.3, -0.25) is 13.9 Å². The van der Waals surface area contributed by atoms with Gasteiger partial charge < -0.3 is 15.0 Å². The quantitative estimate of drug-likeness (QED) is 0.460. The summed E-state index contributed by atoms with van der Waals surface area (Å²) in [6, 6.07) is 13.5. The summed E-state index contributed by atoms with van der Waals surface area (Å²) in [5, 5.41) is 2.89. The Balaban J connectivity index is 2.50. The van der Waals surface area contributed by atoms with Crippen molar-refractivity contribution in [2.45, 2.75) is 65.6 Å². The molecule has 0 bridgehead atoms. The number of carbonyl (C=O) groups excluding carboxylic acids is 2. The second-order valence-corrected chi connectivity index (χ2v) is 11.3. The van der Waals surface area contributed by atoms with Crippen LogP contribution in [-0.4, -0.2) is 57.1 Å². The van der Waals surface area contributed by atoms with E-state index in [1.165, 1.54) is 4.90 Å². The molecule has 0 spiro atoms. The number of sulfonamides is 1. The van der Waals surface area contributed by atoms with Crippen molar-refractivity contribution < 1.29 is 22.7 Å². The number of methoxy groups -OCH3 is 1. The van der Waals surface area contributed by atoms with Crippen molar-refractivity contribution in [3.8, 4) is 5.75 Å². The molecule has 198 valence electrons. The molecule has 8 nitrogen and oxygen atoms in total. The van der Waals surface area contributed by atoms with Crippen LogP contribution in [0.4, 0.5) is 5.69 Å². The van der Waals surface area contributed by atoms with Gasteiger partial charge in [0.2, 0.25) is 21.8 Å². The number of carbonyl (C=O) groups is 2. The Morgan fingerprint density at radius 2 is 1.61 bits per heavy atom. The number of ether oxygens (including phenoxy) is 1. The van der Waals surface area contributed by atoms with Crippen LogP contribution in [0.5, 0.6) is 5.75 Å². The highest BCUT2D eigenvalue weighted by molar-refractivity contribution is 7.92. The molecule has 0 aromatic heterocycles. The Labute approximate surface area is 215 Å². The zero-order valence-electron chi connectivity index (χ0n) is 22.3. The van der Waals surface area contributed by atoms with Gasteiger partial charge in [-0.25, -0.2) is 8.42 Å². The molecule has 2 rings (SSSR count). The van der Waals surface area contributed by atoms with Crippen molar-refractivity contribution in [1.82, 2.24) is 10.2 Å². The topological polar surface area (TPSA) is 96.0 Å². The molecule has 1 atom stereocenters. The molecule has 0 aliphatic rings. The molecule has 9 heteroatoms. The minimum Gasteiger partial charge on any atom is -0.497 e. The number of hydrogen-bond acceptors (Lipinski definition) is 5. The first-order valence-electron chi connectivity index (χ1n) is 12.2. The van der Waals surface area contributed by atoms with Crippen molar-refractivity contribution in [3.63, 3.8) is 0 Å². The summed E-state index contributed by atoms with van der Waals surface area (Å²) in [4.78, 5) is 28.3. The van der Waals surface area contributed by atoms with Gasteiger partial charge in [-0.1, -0.05) is 51.1 Å². The molecule has 0 heterocycles. The molecule has 2 aromatic rings. The SMILES string of the molecule is CCC(C(=O)NC(C)C)N(Cc1ccc(OC)cc1)C(=O)CN(c1ccccc1C(C)C)S(C)(=O)=O. The number of amides is 2. The van der Waals surface area contributed by atoms with E-state index in [-0.39, 0.29) is 24.4 Å². The average molecular weight is 518 g/mol. The van der Waals surface area contributed by atoms with Gasteiger partial charge in [-0.15, -0.1) is 0 Å². The third-order valence-electron chi connectivity index (χ3n) is 5.84. The summed E-state index contributed by atoms with van der Waals surface area (Å²) in [6.07, 6.45) is 1.47. The zero-order chi connectivity index (χ0) is 27.0. The van der Waals surface area contributed by atoms with E-state index in [2.05, 4.69) is 5.32 Å². The fourth-order valence-electron chi connectivity index (χ4n) is 4.03. The van der Waals surface area contributed by atoms with Crippen molar-refractivity contribution >= 4 is 27.5 Å². The van der Waals surface area contributed by atoms with Crippen LogP contribution in [0, 0.1) is 0 Å². The van der Waals surface area contributed by atoms with E-state index in [4.69, 9.17) is 4.74 Å². The molecule has 0 saturated heterocycles. The van der Waals surface area contributed by atoms with E-state index < -0.39 is 28.5 Å². The predicted octanol–water partition coefficient (Wildman–Crippen LogP) is 3.92. The Hall–Kier alpha value is -3.07. The number of para-hydroxylation sites is 1. The van der Waals surface area contributed by atoms with Gasteiger partial charge in [0.1, 0.15) is 18.3 Å². The fraction of sp³-hybridized carbons (Fsp3) is 0.481. The Morgan fingerprint density at radius 3 is 2.11 bits per heavy atom. The van der Waals surface area contributed by atoms with Crippen LogP contribution in [0.15, 0.2) is 48.5 Å². The summed E-state index contributed by atoms with van der Waals surface area (Å²) in [5.41, 5.74) is 2.09. The maximum atomic E-state index is 13.8. The highest BCUT2D eigenvalue weighted by atomic mass is 32.2.